The molecule has 2 heterocycles. The number of piperidine rings is 2. The maximum Gasteiger partial charge on any atom is 0.0502 e. The first-order valence-corrected chi connectivity index (χ1v) is 4.61. The Bertz CT molecular complexity index is 150. The van der Waals surface area contributed by atoms with Crippen LogP contribution in [0.5, 0.6) is 0 Å². The molecule has 0 aromatic heterocycles. The summed E-state index contributed by atoms with van der Waals surface area (Å²) >= 11 is 0. The van der Waals surface area contributed by atoms with Crippen molar-refractivity contribution in [1.82, 2.24) is 5.32 Å². The highest BCUT2D eigenvalue weighted by atomic mass is 16.3. The minimum atomic E-state index is 0.231. The molecule has 64 valence electrons. The van der Waals surface area contributed by atoms with E-state index in [2.05, 4.69) is 12.2 Å². The van der Waals surface area contributed by atoms with Crippen LogP contribution in [-0.2, 0) is 0 Å². The van der Waals surface area contributed by atoms with Crippen LogP contribution in [0.4, 0.5) is 0 Å². The molecule has 11 heavy (non-hydrogen) atoms. The van der Waals surface area contributed by atoms with Gasteiger partial charge < -0.3 is 10.4 Å². The van der Waals surface area contributed by atoms with E-state index in [0.717, 1.165) is 12.6 Å². The molecule has 0 amide bonds. The third-order valence-corrected chi connectivity index (χ3v) is 3.73. The second-order valence-electron chi connectivity index (χ2n) is 4.27. The van der Waals surface area contributed by atoms with Gasteiger partial charge in [0.25, 0.3) is 0 Å². The number of aliphatic hydroxyl groups excluding tert-OH is 1. The summed E-state index contributed by atoms with van der Waals surface area (Å²) in [5.74, 6) is 0.715. The van der Waals surface area contributed by atoms with E-state index in [-0.39, 0.29) is 5.41 Å². The third kappa shape index (κ3) is 1.00. The Kier molecular flexibility index (Phi) is 1.69. The van der Waals surface area contributed by atoms with Crippen molar-refractivity contribution in [3.63, 3.8) is 0 Å². The quantitative estimate of drug-likeness (QED) is 0.586. The van der Waals surface area contributed by atoms with E-state index in [1.165, 1.54) is 19.3 Å². The normalized spacial score (nSPS) is 49.6. The molecule has 3 fully saturated rings. The summed E-state index contributed by atoms with van der Waals surface area (Å²) in [6.45, 7) is 3.69. The van der Waals surface area contributed by atoms with E-state index in [1.54, 1.807) is 0 Å². The van der Waals surface area contributed by atoms with Gasteiger partial charge in [0.1, 0.15) is 0 Å². The topological polar surface area (TPSA) is 32.3 Å². The minimum Gasteiger partial charge on any atom is -0.396 e. The van der Waals surface area contributed by atoms with Gasteiger partial charge in [0.05, 0.1) is 6.61 Å². The fourth-order valence-electron chi connectivity index (χ4n) is 2.59. The van der Waals surface area contributed by atoms with Crippen LogP contribution in [0, 0.1) is 11.3 Å². The molecule has 2 N–H and O–H groups in total. The fraction of sp³-hybridized carbons (Fsp3) is 1.00. The molecule has 2 heteroatoms. The first kappa shape index (κ1) is 7.56. The average molecular weight is 155 g/mol. The first-order chi connectivity index (χ1) is 5.27. The number of hydrogen-bond acceptors (Lipinski definition) is 2. The SMILES string of the molecule is C[C@@H]1C[C@H]2CC[C@]1(CO)CN2. The lowest BCUT2D eigenvalue weighted by Gasteiger charge is -2.50. The van der Waals surface area contributed by atoms with Crippen LogP contribution < -0.4 is 5.32 Å². The van der Waals surface area contributed by atoms with E-state index < -0.39 is 0 Å². The van der Waals surface area contributed by atoms with E-state index in [1.807, 2.05) is 0 Å². The van der Waals surface area contributed by atoms with Gasteiger partial charge in [0.15, 0.2) is 0 Å². The second kappa shape index (κ2) is 2.46. The van der Waals surface area contributed by atoms with Crippen molar-refractivity contribution in [2.24, 2.45) is 11.3 Å². The molecule has 2 bridgehead atoms. The van der Waals surface area contributed by atoms with Crippen molar-refractivity contribution in [3.05, 3.63) is 0 Å². The van der Waals surface area contributed by atoms with Crippen molar-refractivity contribution in [2.45, 2.75) is 32.2 Å². The summed E-state index contributed by atoms with van der Waals surface area (Å²) in [4.78, 5) is 0. The number of rotatable bonds is 1. The summed E-state index contributed by atoms with van der Waals surface area (Å²) in [5.41, 5.74) is 0.231. The number of aliphatic hydroxyl groups is 1. The van der Waals surface area contributed by atoms with Crippen molar-refractivity contribution >= 4 is 0 Å². The standard InChI is InChI=1S/C9H17NO/c1-7-4-8-2-3-9(7,6-11)5-10-8/h7-8,10-11H,2-6H2,1H3/t7-,8-,9-/m1/s1. The Morgan fingerprint density at radius 3 is 2.82 bits per heavy atom. The third-order valence-electron chi connectivity index (χ3n) is 3.73. The number of hydrogen-bond donors (Lipinski definition) is 2. The zero-order chi connectivity index (χ0) is 7.90. The molecule has 1 saturated carbocycles. The maximum atomic E-state index is 9.30. The highest BCUT2D eigenvalue weighted by Crippen LogP contribution is 2.43. The number of fused-ring (bicyclic) bond motifs is 3. The molecule has 0 aromatic rings. The maximum absolute atomic E-state index is 9.30. The van der Waals surface area contributed by atoms with Gasteiger partial charge in [-0.15, -0.1) is 0 Å². The van der Waals surface area contributed by atoms with Crippen LogP contribution in [0.3, 0.4) is 0 Å². The van der Waals surface area contributed by atoms with E-state index in [9.17, 15) is 5.11 Å². The number of nitrogens with one attached hydrogen (secondary N) is 1. The van der Waals surface area contributed by atoms with Gasteiger partial charge in [-0.3, -0.25) is 0 Å². The molecule has 0 aromatic carbocycles. The zero-order valence-corrected chi connectivity index (χ0v) is 7.14. The molecule has 3 rings (SSSR count). The molecule has 3 aliphatic rings. The average Bonchev–Trinajstić information content (AvgIpc) is 2.07. The zero-order valence-electron chi connectivity index (χ0n) is 7.14. The minimum absolute atomic E-state index is 0.231. The Balaban J connectivity index is 2.16. The highest BCUT2D eigenvalue weighted by molar-refractivity contribution is 4.99. The van der Waals surface area contributed by atoms with E-state index >= 15 is 0 Å². The Hall–Kier alpha value is -0.0800. The van der Waals surface area contributed by atoms with Crippen LogP contribution in [0.1, 0.15) is 26.2 Å². The Morgan fingerprint density at radius 2 is 2.45 bits per heavy atom. The lowest BCUT2D eigenvalue weighted by atomic mass is 9.63. The Labute approximate surface area is 68.0 Å². The van der Waals surface area contributed by atoms with Crippen molar-refractivity contribution in [1.29, 1.82) is 0 Å². The van der Waals surface area contributed by atoms with Gasteiger partial charge in [-0.05, 0) is 25.2 Å². The van der Waals surface area contributed by atoms with Gasteiger partial charge in [0.2, 0.25) is 0 Å². The van der Waals surface area contributed by atoms with Gasteiger partial charge >= 0.3 is 0 Å². The lowest BCUT2D eigenvalue weighted by Crippen LogP contribution is -2.57. The molecule has 0 spiro atoms. The van der Waals surface area contributed by atoms with Gasteiger partial charge in [-0.2, -0.15) is 0 Å². The van der Waals surface area contributed by atoms with Gasteiger partial charge in [-0.25, -0.2) is 0 Å². The lowest BCUT2D eigenvalue weighted by molar-refractivity contribution is -0.0166. The summed E-state index contributed by atoms with van der Waals surface area (Å²) in [5, 5.41) is 12.8. The van der Waals surface area contributed by atoms with E-state index in [0.29, 0.717) is 12.5 Å². The first-order valence-electron chi connectivity index (χ1n) is 4.61. The summed E-state index contributed by atoms with van der Waals surface area (Å²) < 4.78 is 0. The van der Waals surface area contributed by atoms with Gasteiger partial charge in [0, 0.05) is 18.0 Å². The summed E-state index contributed by atoms with van der Waals surface area (Å²) in [7, 11) is 0. The van der Waals surface area contributed by atoms with Crippen LogP contribution >= 0.6 is 0 Å². The van der Waals surface area contributed by atoms with Crippen LogP contribution in [0.2, 0.25) is 0 Å². The van der Waals surface area contributed by atoms with E-state index in [4.69, 9.17) is 0 Å². The molecule has 0 radical (unpaired) electrons. The van der Waals surface area contributed by atoms with Crippen LogP contribution in [0.15, 0.2) is 0 Å². The van der Waals surface area contributed by atoms with Crippen molar-refractivity contribution in [2.75, 3.05) is 13.2 Å². The molecule has 1 aliphatic carbocycles. The largest absolute Gasteiger partial charge is 0.396 e. The fourth-order valence-corrected chi connectivity index (χ4v) is 2.59. The monoisotopic (exact) mass is 155 g/mol. The highest BCUT2D eigenvalue weighted by Gasteiger charge is 2.44. The molecule has 3 atom stereocenters. The van der Waals surface area contributed by atoms with Crippen LogP contribution in [0.25, 0.3) is 0 Å². The summed E-state index contributed by atoms with van der Waals surface area (Å²) in [6.07, 6.45) is 3.76. The summed E-state index contributed by atoms with van der Waals surface area (Å²) in [6, 6.07) is 0.749. The Morgan fingerprint density at radius 1 is 1.64 bits per heavy atom. The molecule has 2 nitrogen and oxygen atoms in total. The predicted octanol–water partition coefficient (Wildman–Crippen LogP) is 0.757. The van der Waals surface area contributed by atoms with Crippen molar-refractivity contribution < 1.29 is 5.11 Å². The molecule has 2 saturated heterocycles. The smallest absolute Gasteiger partial charge is 0.0502 e. The van der Waals surface area contributed by atoms with Crippen molar-refractivity contribution in [3.8, 4) is 0 Å². The van der Waals surface area contributed by atoms with Gasteiger partial charge in [-0.1, -0.05) is 6.92 Å². The molecular weight excluding hydrogens is 138 g/mol. The predicted molar refractivity (Wildman–Crippen MR) is 44.3 cm³/mol. The molecule has 0 unspecified atom stereocenters. The second-order valence-corrected chi connectivity index (χ2v) is 4.27. The molecule has 2 aliphatic heterocycles. The van der Waals surface area contributed by atoms with Crippen LogP contribution in [-0.4, -0.2) is 24.3 Å². The molecular formula is C9H17NO.